The fourth-order valence-electron chi connectivity index (χ4n) is 5.25. The van der Waals surface area contributed by atoms with Crippen LogP contribution in [0.2, 0.25) is 0 Å². The second kappa shape index (κ2) is 13.8. The lowest BCUT2D eigenvalue weighted by Gasteiger charge is -2.37. The molecule has 4 rings (SSSR count). The zero-order valence-electron chi connectivity index (χ0n) is 24.8. The molecule has 3 unspecified atom stereocenters. The fraction of sp³-hybridized carbons (Fsp3) is 0.438. The first kappa shape index (κ1) is 30.9. The Morgan fingerprint density at radius 1 is 1.02 bits per heavy atom. The van der Waals surface area contributed by atoms with Crippen LogP contribution in [0.3, 0.4) is 0 Å². The number of nitrogens with zero attached hydrogens (tertiary/aromatic N) is 3. The summed E-state index contributed by atoms with van der Waals surface area (Å²) in [5.41, 5.74) is 6.54. The number of ether oxygens (including phenoxy) is 1. The van der Waals surface area contributed by atoms with Gasteiger partial charge in [0.1, 0.15) is 12.1 Å². The van der Waals surface area contributed by atoms with Crippen LogP contribution in [0, 0.1) is 11.8 Å². The molecule has 10 heteroatoms. The van der Waals surface area contributed by atoms with Gasteiger partial charge in [0.15, 0.2) is 5.82 Å². The number of carbonyl (C=O) groups excluding carboxylic acids is 3. The van der Waals surface area contributed by atoms with E-state index in [2.05, 4.69) is 29.5 Å². The highest BCUT2D eigenvalue weighted by molar-refractivity contribution is 5.98. The summed E-state index contributed by atoms with van der Waals surface area (Å²) in [6.45, 7) is 9.07. The molecule has 42 heavy (non-hydrogen) atoms. The second-order valence-electron chi connectivity index (χ2n) is 11.9. The second-order valence-corrected chi connectivity index (χ2v) is 11.9. The molecule has 4 N–H and O–H groups in total. The summed E-state index contributed by atoms with van der Waals surface area (Å²) in [6.07, 6.45) is 4.28. The Kier molecular flexibility index (Phi) is 10.1. The Labute approximate surface area is 247 Å². The predicted octanol–water partition coefficient (Wildman–Crippen LogP) is 3.35. The minimum absolute atomic E-state index is 0.0143. The number of imidazole rings is 1. The minimum Gasteiger partial charge on any atom is -0.374 e. The third-order valence-corrected chi connectivity index (χ3v) is 7.28. The number of amides is 3. The number of carbonyl (C=O) groups is 3. The summed E-state index contributed by atoms with van der Waals surface area (Å²) in [7, 11) is 0. The molecule has 0 aliphatic carbocycles. The molecule has 0 bridgehead atoms. The maximum Gasteiger partial charge on any atom is 0.250 e. The number of benzene rings is 2. The molecule has 3 aromatic rings. The topological polar surface area (TPSA) is 132 Å². The fourth-order valence-corrected chi connectivity index (χ4v) is 5.25. The first-order valence-corrected chi connectivity index (χ1v) is 14.4. The highest BCUT2D eigenvalue weighted by atomic mass is 16.5. The van der Waals surface area contributed by atoms with E-state index >= 15 is 0 Å². The molecular weight excluding hydrogens is 532 g/mol. The molecule has 4 atom stereocenters. The van der Waals surface area contributed by atoms with Crippen LogP contribution in [0.15, 0.2) is 73.2 Å². The molecule has 1 aromatic heterocycles. The highest BCUT2D eigenvalue weighted by Crippen LogP contribution is 2.27. The van der Waals surface area contributed by atoms with E-state index in [-0.39, 0.29) is 24.9 Å². The maximum absolute atomic E-state index is 13.9. The van der Waals surface area contributed by atoms with Gasteiger partial charge in [0.05, 0.1) is 25.1 Å². The van der Waals surface area contributed by atoms with Gasteiger partial charge in [-0.25, -0.2) is 4.98 Å². The third-order valence-electron chi connectivity index (χ3n) is 7.28. The van der Waals surface area contributed by atoms with Crippen LogP contribution < -0.4 is 16.4 Å². The number of aromatic nitrogens is 2. The first-order valence-electron chi connectivity index (χ1n) is 14.4. The van der Waals surface area contributed by atoms with Gasteiger partial charge in [-0.15, -0.1) is 0 Å². The van der Waals surface area contributed by atoms with Crippen molar-refractivity contribution in [2.45, 2.75) is 58.3 Å². The number of nitrogens with two attached hydrogens (primary N) is 1. The van der Waals surface area contributed by atoms with Crippen LogP contribution in [-0.4, -0.2) is 63.4 Å². The van der Waals surface area contributed by atoms with Crippen molar-refractivity contribution in [1.82, 2.24) is 19.8 Å². The summed E-state index contributed by atoms with van der Waals surface area (Å²) >= 11 is 0. The van der Waals surface area contributed by atoms with E-state index in [0.717, 1.165) is 17.5 Å². The molecule has 3 amide bonds. The van der Waals surface area contributed by atoms with E-state index in [1.807, 2.05) is 65.6 Å². The van der Waals surface area contributed by atoms with Crippen molar-refractivity contribution in [2.24, 2.45) is 17.6 Å². The van der Waals surface area contributed by atoms with Gasteiger partial charge in [0.2, 0.25) is 11.8 Å². The lowest BCUT2D eigenvalue weighted by atomic mass is 9.91. The molecule has 0 spiro atoms. The lowest BCUT2D eigenvalue weighted by Crippen LogP contribution is -2.56. The average molecular weight is 575 g/mol. The molecule has 1 aliphatic heterocycles. The molecule has 2 heterocycles. The van der Waals surface area contributed by atoms with Gasteiger partial charge in [0.25, 0.3) is 5.91 Å². The van der Waals surface area contributed by atoms with E-state index in [0.29, 0.717) is 24.9 Å². The molecule has 1 fully saturated rings. The monoisotopic (exact) mass is 574 g/mol. The van der Waals surface area contributed by atoms with Crippen molar-refractivity contribution in [3.63, 3.8) is 0 Å². The zero-order valence-corrected chi connectivity index (χ0v) is 24.8. The van der Waals surface area contributed by atoms with Gasteiger partial charge in [-0.1, -0.05) is 74.5 Å². The standard InChI is InChI=1S/C32H42N6O4/c1-22-15-23(2)17-37(16-22)30(40)28(25-13-9-6-10-14-25)38-18-27(34-21-38)36-29(39)26(35-31(41)32(3,4)33)20-42-19-24-11-7-5-8-12-24/h5-14,18,21-23,26,28H,15-17,19-20,33H2,1-4H3,(H,35,41)(H,36,39)/t22?,23?,26-,28?/m1/s1. The number of piperidine rings is 1. The zero-order chi connectivity index (χ0) is 30.3. The Hall–Kier alpha value is -4.02. The van der Waals surface area contributed by atoms with Crippen LogP contribution in [0.25, 0.3) is 0 Å². The third kappa shape index (κ3) is 8.27. The molecule has 1 aliphatic rings. The maximum atomic E-state index is 13.9. The van der Waals surface area contributed by atoms with Gasteiger partial charge >= 0.3 is 0 Å². The highest BCUT2D eigenvalue weighted by Gasteiger charge is 2.33. The van der Waals surface area contributed by atoms with Gasteiger partial charge in [0, 0.05) is 19.3 Å². The number of anilines is 1. The molecule has 1 saturated heterocycles. The first-order chi connectivity index (χ1) is 20.0. The summed E-state index contributed by atoms with van der Waals surface area (Å²) in [5.74, 6) is 0.0781. The van der Waals surface area contributed by atoms with Crippen molar-refractivity contribution < 1.29 is 19.1 Å². The van der Waals surface area contributed by atoms with Gasteiger partial charge in [-0.3, -0.25) is 14.4 Å². The number of nitrogens with one attached hydrogen (secondary N) is 2. The van der Waals surface area contributed by atoms with Crippen LogP contribution in [0.5, 0.6) is 0 Å². The summed E-state index contributed by atoms with van der Waals surface area (Å²) < 4.78 is 7.50. The predicted molar refractivity (Wildman–Crippen MR) is 161 cm³/mol. The molecule has 0 radical (unpaired) electrons. The van der Waals surface area contributed by atoms with Crippen molar-refractivity contribution in [1.29, 1.82) is 0 Å². The van der Waals surface area contributed by atoms with E-state index in [1.54, 1.807) is 30.9 Å². The average Bonchev–Trinajstić information content (AvgIpc) is 3.40. The van der Waals surface area contributed by atoms with Crippen molar-refractivity contribution in [3.05, 3.63) is 84.3 Å². The van der Waals surface area contributed by atoms with E-state index in [1.165, 1.54) is 0 Å². The molecule has 2 aromatic carbocycles. The van der Waals surface area contributed by atoms with E-state index in [4.69, 9.17) is 10.5 Å². The van der Waals surface area contributed by atoms with E-state index < -0.39 is 29.4 Å². The minimum atomic E-state index is -1.19. The number of hydrogen-bond donors (Lipinski definition) is 3. The number of hydrogen-bond acceptors (Lipinski definition) is 6. The van der Waals surface area contributed by atoms with E-state index in [9.17, 15) is 14.4 Å². The Morgan fingerprint density at radius 2 is 1.64 bits per heavy atom. The van der Waals surface area contributed by atoms with Crippen molar-refractivity contribution >= 4 is 23.5 Å². The normalized spacial score (nSPS) is 18.6. The Balaban J connectivity index is 1.51. The summed E-state index contributed by atoms with van der Waals surface area (Å²) in [6, 6.07) is 17.4. The lowest BCUT2D eigenvalue weighted by molar-refractivity contribution is -0.136. The van der Waals surface area contributed by atoms with Crippen LogP contribution in [0.1, 0.15) is 51.3 Å². The quantitative estimate of drug-likeness (QED) is 0.322. The van der Waals surface area contributed by atoms with Gasteiger partial charge in [-0.2, -0.15) is 0 Å². The smallest absolute Gasteiger partial charge is 0.250 e. The van der Waals surface area contributed by atoms with Crippen LogP contribution in [-0.2, 0) is 25.7 Å². The SMILES string of the molecule is CC1CC(C)CN(C(=O)C(c2ccccc2)n2cnc(NC(=O)[C@@H](COCc3ccccc3)NC(=O)C(C)(C)N)c2)C1. The van der Waals surface area contributed by atoms with Gasteiger partial charge in [-0.05, 0) is 43.2 Å². The molecular formula is C32H42N6O4. The Morgan fingerprint density at radius 3 is 2.26 bits per heavy atom. The van der Waals surface area contributed by atoms with Gasteiger partial charge < -0.3 is 30.6 Å². The Bertz CT molecular complexity index is 1330. The summed E-state index contributed by atoms with van der Waals surface area (Å²) in [5, 5.41) is 5.47. The largest absolute Gasteiger partial charge is 0.374 e. The molecule has 0 saturated carbocycles. The number of rotatable bonds is 11. The van der Waals surface area contributed by atoms with Crippen molar-refractivity contribution in [3.8, 4) is 0 Å². The summed E-state index contributed by atoms with van der Waals surface area (Å²) in [4.78, 5) is 46.2. The van der Waals surface area contributed by atoms with Crippen LogP contribution in [0.4, 0.5) is 5.82 Å². The van der Waals surface area contributed by atoms with Crippen molar-refractivity contribution in [2.75, 3.05) is 25.0 Å². The molecule has 10 nitrogen and oxygen atoms in total. The number of likely N-dealkylation sites (tertiary alicyclic amines) is 1. The van der Waals surface area contributed by atoms with Crippen LogP contribution >= 0.6 is 0 Å². The molecule has 224 valence electrons.